The third-order valence-electron chi connectivity index (χ3n) is 5.92. The molecule has 170 valence electrons. The molecular formula is C24H29N3O5. The summed E-state index contributed by atoms with van der Waals surface area (Å²) < 4.78 is 10.6. The quantitative estimate of drug-likeness (QED) is 0.693. The van der Waals surface area contributed by atoms with Crippen molar-refractivity contribution in [2.24, 2.45) is 0 Å². The molecule has 0 spiro atoms. The van der Waals surface area contributed by atoms with Gasteiger partial charge in [0.05, 0.1) is 12.6 Å². The number of hydrogen-bond acceptors (Lipinski definition) is 7. The molecule has 4 rings (SSSR count). The van der Waals surface area contributed by atoms with Crippen molar-refractivity contribution in [1.29, 1.82) is 0 Å². The van der Waals surface area contributed by atoms with Crippen LogP contribution in [0, 0.1) is 0 Å². The Morgan fingerprint density at radius 3 is 2.72 bits per heavy atom. The number of hydroxylamine groups is 2. The Bertz CT molecular complexity index is 952. The summed E-state index contributed by atoms with van der Waals surface area (Å²) in [4.78, 5) is 32.9. The Hall–Kier alpha value is -2.94. The average Bonchev–Trinajstić information content (AvgIpc) is 3.21. The second-order valence-electron chi connectivity index (χ2n) is 8.28. The molecule has 2 aliphatic heterocycles. The largest absolute Gasteiger partial charge is 0.528 e. The summed E-state index contributed by atoms with van der Waals surface area (Å²) >= 11 is 0. The topological polar surface area (TPSA) is 80.3 Å². The number of nitrogens with zero attached hydrogens (tertiary/aromatic N) is 2. The van der Waals surface area contributed by atoms with E-state index in [2.05, 4.69) is 23.3 Å². The van der Waals surface area contributed by atoms with Crippen LogP contribution in [-0.2, 0) is 38.7 Å². The van der Waals surface area contributed by atoms with Crippen LogP contribution in [0.3, 0.4) is 0 Å². The van der Waals surface area contributed by atoms with Gasteiger partial charge >= 0.3 is 6.16 Å². The molecule has 32 heavy (non-hydrogen) atoms. The smallest absolute Gasteiger partial charge is 0.428 e. The highest BCUT2D eigenvalue weighted by molar-refractivity contribution is 5.95. The second-order valence-corrected chi connectivity index (χ2v) is 8.28. The van der Waals surface area contributed by atoms with Gasteiger partial charge < -0.3 is 24.5 Å². The predicted molar refractivity (Wildman–Crippen MR) is 119 cm³/mol. The van der Waals surface area contributed by atoms with E-state index in [4.69, 9.17) is 14.3 Å². The Kier molecular flexibility index (Phi) is 7.04. The third-order valence-corrected chi connectivity index (χ3v) is 5.92. The Morgan fingerprint density at radius 2 is 1.94 bits per heavy atom. The van der Waals surface area contributed by atoms with Crippen molar-refractivity contribution in [1.82, 2.24) is 9.96 Å². The van der Waals surface area contributed by atoms with Gasteiger partial charge in [0.2, 0.25) is 5.91 Å². The maximum atomic E-state index is 13.0. The van der Waals surface area contributed by atoms with Crippen molar-refractivity contribution < 1.29 is 23.9 Å². The minimum Gasteiger partial charge on any atom is -0.428 e. The molecule has 2 atom stereocenters. The Balaban J connectivity index is 1.37. The molecule has 0 aliphatic carbocycles. The molecule has 2 aromatic carbocycles. The molecular weight excluding hydrogens is 410 g/mol. The first kappa shape index (κ1) is 22.3. The maximum Gasteiger partial charge on any atom is 0.528 e. The fourth-order valence-electron chi connectivity index (χ4n) is 4.11. The maximum absolute atomic E-state index is 13.0. The zero-order chi connectivity index (χ0) is 22.5. The monoisotopic (exact) mass is 439 g/mol. The molecule has 2 aromatic rings. The number of anilines is 1. The fraction of sp³-hybridized carbons (Fsp3) is 0.417. The van der Waals surface area contributed by atoms with Crippen molar-refractivity contribution in [2.75, 3.05) is 32.6 Å². The standard InChI is InChI=1S/C24H29N3O5/c1-26-11-10-18-12-20(9-8-19(18)14-26)25-23(28)22-13-21(30-2)15-27(22)32-24(29)31-16-17-6-4-3-5-7-17/h3-9,12,21-22H,10-11,13-16H2,1-2H3,(H,25,28)/t21-,22-/m1/s1. The van der Waals surface area contributed by atoms with E-state index in [9.17, 15) is 9.59 Å². The van der Waals surface area contributed by atoms with Gasteiger partial charge in [-0.25, -0.2) is 4.79 Å². The lowest BCUT2D eigenvalue weighted by Crippen LogP contribution is -2.41. The third kappa shape index (κ3) is 5.45. The molecule has 2 heterocycles. The van der Waals surface area contributed by atoms with Gasteiger partial charge in [0.15, 0.2) is 0 Å². The van der Waals surface area contributed by atoms with Crippen LogP contribution in [0.15, 0.2) is 48.5 Å². The minimum absolute atomic E-state index is 0.0996. The summed E-state index contributed by atoms with van der Waals surface area (Å²) in [5.41, 5.74) is 4.13. The summed E-state index contributed by atoms with van der Waals surface area (Å²) in [6.07, 6.45) is 0.310. The van der Waals surface area contributed by atoms with E-state index >= 15 is 0 Å². The van der Waals surface area contributed by atoms with E-state index < -0.39 is 12.2 Å². The first-order valence-electron chi connectivity index (χ1n) is 10.8. The van der Waals surface area contributed by atoms with E-state index in [1.807, 2.05) is 42.5 Å². The first-order valence-corrected chi connectivity index (χ1v) is 10.8. The molecule has 1 N–H and O–H groups in total. The second kappa shape index (κ2) is 10.1. The SMILES string of the molecule is CO[C@@H]1C[C@H](C(=O)Nc2ccc3c(c2)CCN(C)C3)N(OC(=O)OCc2ccccc2)C1. The van der Waals surface area contributed by atoms with E-state index in [0.29, 0.717) is 13.0 Å². The van der Waals surface area contributed by atoms with Crippen molar-refractivity contribution >= 4 is 17.7 Å². The number of ether oxygens (including phenoxy) is 2. The molecule has 2 aliphatic rings. The average molecular weight is 440 g/mol. The number of likely N-dealkylation sites (N-methyl/N-ethyl adjacent to an activating group) is 1. The van der Waals surface area contributed by atoms with Crippen LogP contribution in [0.2, 0.25) is 0 Å². The number of fused-ring (bicyclic) bond motifs is 1. The molecule has 1 saturated heterocycles. The minimum atomic E-state index is -0.846. The van der Waals surface area contributed by atoms with Crippen LogP contribution < -0.4 is 5.32 Å². The van der Waals surface area contributed by atoms with Crippen LogP contribution in [0.4, 0.5) is 10.5 Å². The number of carbonyl (C=O) groups is 2. The van der Waals surface area contributed by atoms with Gasteiger partial charge in [-0.15, -0.1) is 5.06 Å². The van der Waals surface area contributed by atoms with Gasteiger partial charge in [-0.3, -0.25) is 4.79 Å². The van der Waals surface area contributed by atoms with Crippen LogP contribution in [-0.4, -0.2) is 61.4 Å². The van der Waals surface area contributed by atoms with E-state index in [-0.39, 0.29) is 18.6 Å². The number of hydrogen-bond donors (Lipinski definition) is 1. The zero-order valence-electron chi connectivity index (χ0n) is 18.5. The van der Waals surface area contributed by atoms with Crippen molar-refractivity contribution in [3.05, 3.63) is 65.2 Å². The normalized spacial score (nSPS) is 21.1. The van der Waals surface area contributed by atoms with Gasteiger partial charge in [0, 0.05) is 32.3 Å². The number of benzene rings is 2. The number of carbonyl (C=O) groups excluding carboxylic acids is 2. The molecule has 0 radical (unpaired) electrons. The molecule has 8 heteroatoms. The molecule has 0 bridgehead atoms. The summed E-state index contributed by atoms with van der Waals surface area (Å²) in [6.45, 7) is 2.30. The zero-order valence-corrected chi connectivity index (χ0v) is 18.5. The lowest BCUT2D eigenvalue weighted by Gasteiger charge is -2.26. The predicted octanol–water partition coefficient (Wildman–Crippen LogP) is 2.97. The van der Waals surface area contributed by atoms with Crippen molar-refractivity contribution in [2.45, 2.75) is 38.1 Å². The molecule has 0 aromatic heterocycles. The molecule has 1 fully saturated rings. The summed E-state index contributed by atoms with van der Waals surface area (Å²) in [6, 6.07) is 14.7. The lowest BCUT2D eigenvalue weighted by atomic mass is 9.99. The van der Waals surface area contributed by atoms with Gasteiger partial charge in [0.25, 0.3) is 0 Å². The van der Waals surface area contributed by atoms with Gasteiger partial charge in [-0.2, -0.15) is 0 Å². The number of rotatable bonds is 6. The molecule has 0 saturated carbocycles. The highest BCUT2D eigenvalue weighted by Crippen LogP contribution is 2.25. The Labute approximate surface area is 188 Å². The summed E-state index contributed by atoms with van der Waals surface area (Å²) in [5.74, 6) is -0.242. The van der Waals surface area contributed by atoms with Gasteiger partial charge in [0.1, 0.15) is 12.6 Å². The van der Waals surface area contributed by atoms with Crippen molar-refractivity contribution in [3.63, 3.8) is 0 Å². The lowest BCUT2D eigenvalue weighted by molar-refractivity contribution is -0.154. The summed E-state index contributed by atoms with van der Waals surface area (Å²) in [5, 5.41) is 4.32. The van der Waals surface area contributed by atoms with Crippen molar-refractivity contribution in [3.8, 4) is 0 Å². The van der Waals surface area contributed by atoms with Crippen LogP contribution in [0.5, 0.6) is 0 Å². The van der Waals surface area contributed by atoms with Gasteiger partial charge in [-0.05, 0) is 42.3 Å². The number of nitrogens with one attached hydrogen (secondary N) is 1. The van der Waals surface area contributed by atoms with Crippen LogP contribution in [0.25, 0.3) is 0 Å². The highest BCUT2D eigenvalue weighted by Gasteiger charge is 2.40. The molecule has 8 nitrogen and oxygen atoms in total. The number of amides is 1. The van der Waals surface area contributed by atoms with Crippen LogP contribution in [0.1, 0.15) is 23.1 Å². The van der Waals surface area contributed by atoms with Gasteiger partial charge in [-0.1, -0.05) is 36.4 Å². The Morgan fingerprint density at radius 1 is 1.12 bits per heavy atom. The van der Waals surface area contributed by atoms with E-state index in [0.717, 1.165) is 30.8 Å². The summed E-state index contributed by atoms with van der Waals surface area (Å²) in [7, 11) is 3.68. The first-order chi connectivity index (χ1) is 15.5. The van der Waals surface area contributed by atoms with Crippen LogP contribution >= 0.6 is 0 Å². The number of methoxy groups -OCH3 is 1. The van der Waals surface area contributed by atoms with E-state index in [1.165, 1.54) is 16.2 Å². The highest BCUT2D eigenvalue weighted by atomic mass is 16.8. The fourth-order valence-corrected chi connectivity index (χ4v) is 4.11. The molecule has 1 amide bonds. The molecule has 0 unspecified atom stereocenters. The van der Waals surface area contributed by atoms with E-state index in [1.54, 1.807) is 7.11 Å².